The normalized spacial score (nSPS) is 12.0. The first-order chi connectivity index (χ1) is 9.38. The Hall–Kier alpha value is -2.31. The van der Waals surface area contributed by atoms with E-state index in [1.54, 1.807) is 13.8 Å². The van der Waals surface area contributed by atoms with E-state index in [4.69, 9.17) is 4.74 Å². The highest BCUT2D eigenvalue weighted by Crippen LogP contribution is 2.17. The van der Waals surface area contributed by atoms with Crippen LogP contribution in [0.25, 0.3) is 0 Å². The molecule has 0 spiro atoms. The number of likely N-dealkylation sites (N-methyl/N-ethyl adjacent to an activating group) is 1. The molecule has 1 heterocycles. The molecule has 0 aliphatic rings. The summed E-state index contributed by atoms with van der Waals surface area (Å²) in [5.41, 5.74) is -0.572. The number of amides is 1. The maximum Gasteiger partial charge on any atom is 0.327 e. The van der Waals surface area contributed by atoms with Crippen molar-refractivity contribution in [2.75, 3.05) is 13.7 Å². The van der Waals surface area contributed by atoms with Gasteiger partial charge in [-0.25, -0.2) is 4.79 Å². The summed E-state index contributed by atoms with van der Waals surface area (Å²) in [6, 6.07) is 1.94. The molecule has 0 saturated carbocycles. The molecule has 0 aromatic carbocycles. The van der Waals surface area contributed by atoms with E-state index in [9.17, 15) is 19.5 Å². The average molecular weight is 282 g/mol. The van der Waals surface area contributed by atoms with Crippen LogP contribution in [0, 0.1) is 5.92 Å². The van der Waals surface area contributed by atoms with Crippen LogP contribution >= 0.6 is 0 Å². The molecule has 0 aliphatic heterocycles. The summed E-state index contributed by atoms with van der Waals surface area (Å²) in [6.07, 6.45) is 1.40. The number of rotatable bonds is 6. The number of aliphatic carboxylic acids is 1. The summed E-state index contributed by atoms with van der Waals surface area (Å²) in [4.78, 5) is 34.5. The van der Waals surface area contributed by atoms with Crippen molar-refractivity contribution in [2.45, 2.75) is 19.9 Å². The van der Waals surface area contributed by atoms with Crippen LogP contribution in [0.2, 0.25) is 0 Å². The Morgan fingerprint density at radius 3 is 2.60 bits per heavy atom. The minimum Gasteiger partial charge on any atom is -0.480 e. The lowest BCUT2D eigenvalue weighted by atomic mass is 10.0. The third-order valence-corrected chi connectivity index (χ3v) is 2.76. The van der Waals surface area contributed by atoms with Crippen LogP contribution in [0.3, 0.4) is 0 Å². The fraction of sp³-hybridized carbons (Fsp3) is 0.462. The van der Waals surface area contributed by atoms with Crippen LogP contribution in [0.15, 0.2) is 23.1 Å². The number of hydrogen-bond acceptors (Lipinski definition) is 4. The SMILES string of the molecule is CNC(=O)COc1cccn(C(C(=O)O)C(C)C)c1=O. The lowest BCUT2D eigenvalue weighted by Gasteiger charge is -2.19. The molecule has 0 radical (unpaired) electrons. The van der Waals surface area contributed by atoms with E-state index in [2.05, 4.69) is 5.32 Å². The molecule has 1 atom stereocenters. The van der Waals surface area contributed by atoms with Gasteiger partial charge in [0.2, 0.25) is 0 Å². The van der Waals surface area contributed by atoms with Crippen molar-refractivity contribution < 1.29 is 19.4 Å². The highest BCUT2D eigenvalue weighted by Gasteiger charge is 2.25. The van der Waals surface area contributed by atoms with Gasteiger partial charge in [0, 0.05) is 13.2 Å². The third-order valence-electron chi connectivity index (χ3n) is 2.76. The van der Waals surface area contributed by atoms with Crippen molar-refractivity contribution in [3.05, 3.63) is 28.7 Å². The van der Waals surface area contributed by atoms with Gasteiger partial charge in [0.25, 0.3) is 11.5 Å². The van der Waals surface area contributed by atoms with E-state index in [1.807, 2.05) is 0 Å². The van der Waals surface area contributed by atoms with Crippen molar-refractivity contribution >= 4 is 11.9 Å². The maximum absolute atomic E-state index is 12.2. The summed E-state index contributed by atoms with van der Waals surface area (Å²) in [7, 11) is 1.45. The van der Waals surface area contributed by atoms with Crippen molar-refractivity contribution in [3.63, 3.8) is 0 Å². The molecular weight excluding hydrogens is 264 g/mol. The number of pyridine rings is 1. The fourth-order valence-corrected chi connectivity index (χ4v) is 1.76. The number of carbonyl (C=O) groups is 2. The number of nitrogens with one attached hydrogen (secondary N) is 1. The minimum absolute atomic E-state index is 0.0528. The van der Waals surface area contributed by atoms with Gasteiger partial charge >= 0.3 is 5.97 Å². The largest absolute Gasteiger partial charge is 0.480 e. The number of carbonyl (C=O) groups excluding carboxylic acids is 1. The van der Waals surface area contributed by atoms with E-state index in [-0.39, 0.29) is 24.2 Å². The lowest BCUT2D eigenvalue weighted by Crippen LogP contribution is -2.34. The van der Waals surface area contributed by atoms with E-state index in [0.717, 1.165) is 4.57 Å². The zero-order chi connectivity index (χ0) is 15.3. The Morgan fingerprint density at radius 1 is 1.45 bits per heavy atom. The van der Waals surface area contributed by atoms with Gasteiger partial charge in [-0.15, -0.1) is 0 Å². The second kappa shape index (κ2) is 6.74. The maximum atomic E-state index is 12.2. The fourth-order valence-electron chi connectivity index (χ4n) is 1.76. The molecule has 1 aromatic heterocycles. The van der Waals surface area contributed by atoms with Crippen LogP contribution < -0.4 is 15.6 Å². The highest BCUT2D eigenvalue weighted by atomic mass is 16.5. The predicted octanol–water partition coefficient (Wildman–Crippen LogP) is 0.255. The molecule has 0 aliphatic carbocycles. The van der Waals surface area contributed by atoms with Crippen molar-refractivity contribution in [1.29, 1.82) is 0 Å². The number of nitrogens with zero attached hydrogens (tertiary/aromatic N) is 1. The number of hydrogen-bond donors (Lipinski definition) is 2. The molecule has 20 heavy (non-hydrogen) atoms. The second-order valence-corrected chi connectivity index (χ2v) is 4.57. The van der Waals surface area contributed by atoms with E-state index in [1.165, 1.54) is 25.4 Å². The monoisotopic (exact) mass is 282 g/mol. The van der Waals surface area contributed by atoms with Gasteiger partial charge < -0.3 is 15.2 Å². The Balaban J connectivity index is 3.09. The summed E-state index contributed by atoms with van der Waals surface area (Å²) in [6.45, 7) is 3.13. The van der Waals surface area contributed by atoms with E-state index in [0.29, 0.717) is 0 Å². The molecule has 1 rings (SSSR count). The zero-order valence-corrected chi connectivity index (χ0v) is 11.6. The van der Waals surface area contributed by atoms with Gasteiger partial charge in [-0.3, -0.25) is 14.2 Å². The third kappa shape index (κ3) is 3.59. The van der Waals surface area contributed by atoms with Gasteiger partial charge in [0.05, 0.1) is 0 Å². The number of carboxylic acids is 1. The standard InChI is InChI=1S/C13H18N2O5/c1-8(2)11(13(18)19)15-6-4-5-9(12(15)17)20-7-10(16)14-3/h4-6,8,11H,7H2,1-3H3,(H,14,16)(H,18,19). The van der Waals surface area contributed by atoms with Gasteiger partial charge in [0.1, 0.15) is 6.04 Å². The Kier molecular flexibility index (Phi) is 5.31. The van der Waals surface area contributed by atoms with Crippen LogP contribution in [0.1, 0.15) is 19.9 Å². The quantitative estimate of drug-likeness (QED) is 0.779. The molecule has 7 heteroatoms. The first-order valence-electron chi connectivity index (χ1n) is 6.15. The first kappa shape index (κ1) is 15.7. The van der Waals surface area contributed by atoms with Crippen molar-refractivity contribution in [1.82, 2.24) is 9.88 Å². The molecule has 0 saturated heterocycles. The highest BCUT2D eigenvalue weighted by molar-refractivity contribution is 5.77. The second-order valence-electron chi connectivity index (χ2n) is 4.57. The molecule has 1 unspecified atom stereocenters. The smallest absolute Gasteiger partial charge is 0.327 e. The van der Waals surface area contributed by atoms with Crippen LogP contribution in [0.5, 0.6) is 5.75 Å². The number of aromatic nitrogens is 1. The molecule has 0 fully saturated rings. The Morgan fingerprint density at radius 2 is 2.10 bits per heavy atom. The van der Waals surface area contributed by atoms with Crippen LogP contribution in [-0.2, 0) is 9.59 Å². The number of ether oxygens (including phenoxy) is 1. The lowest BCUT2D eigenvalue weighted by molar-refractivity contribution is -0.142. The van der Waals surface area contributed by atoms with Crippen LogP contribution in [-0.4, -0.2) is 35.2 Å². The predicted molar refractivity (Wildman–Crippen MR) is 71.8 cm³/mol. The molecule has 110 valence electrons. The number of carboxylic acid groups (broad SMARTS) is 1. The zero-order valence-electron chi connectivity index (χ0n) is 11.6. The summed E-state index contributed by atoms with van der Waals surface area (Å²) >= 11 is 0. The van der Waals surface area contributed by atoms with Gasteiger partial charge in [-0.05, 0) is 18.1 Å². The summed E-state index contributed by atoms with van der Waals surface area (Å²) in [5, 5.41) is 11.6. The van der Waals surface area contributed by atoms with Gasteiger partial charge in [-0.1, -0.05) is 13.8 Å². The average Bonchev–Trinajstić information content (AvgIpc) is 2.38. The van der Waals surface area contributed by atoms with Crippen molar-refractivity contribution in [2.24, 2.45) is 5.92 Å². The summed E-state index contributed by atoms with van der Waals surface area (Å²) in [5.74, 6) is -1.79. The Labute approximate surface area is 116 Å². The molecular formula is C13H18N2O5. The molecule has 0 bridgehead atoms. The minimum atomic E-state index is -1.09. The van der Waals surface area contributed by atoms with Gasteiger partial charge in [0.15, 0.2) is 12.4 Å². The Bertz CT molecular complexity index is 550. The van der Waals surface area contributed by atoms with Gasteiger partial charge in [-0.2, -0.15) is 0 Å². The summed E-state index contributed by atoms with van der Waals surface area (Å²) < 4.78 is 6.20. The topological polar surface area (TPSA) is 97.6 Å². The van der Waals surface area contributed by atoms with Crippen molar-refractivity contribution in [3.8, 4) is 5.75 Å². The van der Waals surface area contributed by atoms with E-state index >= 15 is 0 Å². The van der Waals surface area contributed by atoms with Crippen LogP contribution in [0.4, 0.5) is 0 Å². The molecule has 1 amide bonds. The first-order valence-corrected chi connectivity index (χ1v) is 6.15. The molecule has 1 aromatic rings. The van der Waals surface area contributed by atoms with E-state index < -0.39 is 17.6 Å². The molecule has 7 nitrogen and oxygen atoms in total. The molecule has 2 N–H and O–H groups in total.